The van der Waals surface area contributed by atoms with Crippen molar-refractivity contribution >= 4 is 13.9 Å². The maximum Gasteiger partial charge on any atom is -0.0127 e. The van der Waals surface area contributed by atoms with Crippen LogP contribution >= 0.6 is 8.58 Å². The fourth-order valence-electron chi connectivity index (χ4n) is 2.59. The first-order chi connectivity index (χ1) is 7.16. The predicted molar refractivity (Wildman–Crippen MR) is 69.5 cm³/mol. The number of rotatable bonds is 2. The van der Waals surface area contributed by atoms with Gasteiger partial charge in [-0.3, -0.25) is 0 Å². The quantitative estimate of drug-likeness (QED) is 0.656. The zero-order valence-electron chi connectivity index (χ0n) is 10.0. The van der Waals surface area contributed by atoms with Gasteiger partial charge in [0.05, 0.1) is 0 Å². The average Bonchev–Trinajstić information content (AvgIpc) is 2.63. The lowest BCUT2D eigenvalue weighted by Gasteiger charge is -2.14. The van der Waals surface area contributed by atoms with Crippen molar-refractivity contribution in [2.24, 2.45) is 0 Å². The summed E-state index contributed by atoms with van der Waals surface area (Å²) in [5, 5.41) is 1.59. The smallest absolute Gasteiger partial charge is 0.0127 e. The minimum absolute atomic E-state index is 0.935. The molecule has 81 valence electrons. The monoisotopic (exact) mass is 219 g/mol. The molecule has 1 aliphatic carbocycles. The highest BCUT2D eigenvalue weighted by atomic mass is 31.1. The fraction of sp³-hybridized carbons (Fsp3) is 0.571. The van der Waals surface area contributed by atoms with Crippen LogP contribution in [0.1, 0.15) is 42.4 Å². The van der Waals surface area contributed by atoms with E-state index in [1.807, 2.05) is 0 Å². The molecule has 2 rings (SSSR count). The van der Waals surface area contributed by atoms with Crippen molar-refractivity contribution < 1.29 is 0 Å². The minimum atomic E-state index is 0.935. The maximum atomic E-state index is 2.32. The van der Waals surface area contributed by atoms with E-state index in [4.69, 9.17) is 0 Å². The van der Waals surface area contributed by atoms with Crippen molar-refractivity contribution in [1.29, 1.82) is 0 Å². The second-order valence-electron chi connectivity index (χ2n) is 4.81. The normalized spacial score (nSPS) is 18.1. The van der Waals surface area contributed by atoms with E-state index in [9.17, 15) is 0 Å². The second-order valence-corrected chi connectivity index (χ2v) is 6.25. The van der Waals surface area contributed by atoms with E-state index in [2.05, 4.69) is 32.9 Å². The molecule has 0 nitrogen and oxygen atoms in total. The van der Waals surface area contributed by atoms with Gasteiger partial charge in [0, 0.05) is 0 Å². The highest BCUT2D eigenvalue weighted by Crippen LogP contribution is 2.35. The van der Waals surface area contributed by atoms with Crippen molar-refractivity contribution in [3.05, 3.63) is 28.8 Å². The molecule has 1 radical (unpaired) electrons. The molecule has 0 spiro atoms. The van der Waals surface area contributed by atoms with Gasteiger partial charge in [-0.05, 0) is 64.3 Å². The summed E-state index contributed by atoms with van der Waals surface area (Å²) in [7, 11) is 1.58. The second kappa shape index (κ2) is 4.66. The van der Waals surface area contributed by atoms with E-state index in [1.165, 1.54) is 42.4 Å². The van der Waals surface area contributed by atoms with Crippen LogP contribution in [-0.4, -0.2) is 5.66 Å². The van der Waals surface area contributed by atoms with Gasteiger partial charge in [0.2, 0.25) is 0 Å². The molecule has 0 amide bonds. The Kier molecular flexibility index (Phi) is 3.46. The molecule has 0 atom stereocenters. The standard InChI is InChI=1S/C14H20P/c1-10-8-11(2)14(12(3)9-10)15-13-6-4-5-7-13/h8-9,13H,4-7H2,1-3H3. The van der Waals surface area contributed by atoms with Crippen LogP contribution in [0.2, 0.25) is 0 Å². The fourth-order valence-corrected chi connectivity index (χ4v) is 4.12. The van der Waals surface area contributed by atoms with Gasteiger partial charge in [-0.1, -0.05) is 30.5 Å². The van der Waals surface area contributed by atoms with Crippen LogP contribution in [-0.2, 0) is 0 Å². The Morgan fingerprint density at radius 2 is 1.53 bits per heavy atom. The highest BCUT2D eigenvalue weighted by molar-refractivity contribution is 7.48. The zero-order valence-corrected chi connectivity index (χ0v) is 10.9. The van der Waals surface area contributed by atoms with E-state index in [-0.39, 0.29) is 0 Å². The van der Waals surface area contributed by atoms with Crippen molar-refractivity contribution in [3.63, 3.8) is 0 Å². The van der Waals surface area contributed by atoms with Crippen molar-refractivity contribution in [2.45, 2.75) is 52.1 Å². The van der Waals surface area contributed by atoms with Crippen molar-refractivity contribution in [3.8, 4) is 0 Å². The highest BCUT2D eigenvalue weighted by Gasteiger charge is 2.18. The first-order valence-electron chi connectivity index (χ1n) is 5.95. The van der Waals surface area contributed by atoms with Crippen molar-refractivity contribution in [2.75, 3.05) is 0 Å². The Labute approximate surface area is 95.3 Å². The van der Waals surface area contributed by atoms with Crippen LogP contribution in [0, 0.1) is 20.8 Å². The first-order valence-corrected chi connectivity index (χ1v) is 6.92. The summed E-state index contributed by atoms with van der Waals surface area (Å²) in [4.78, 5) is 0. The minimum Gasteiger partial charge on any atom is -0.0557 e. The van der Waals surface area contributed by atoms with Crippen LogP contribution in [0.5, 0.6) is 0 Å². The van der Waals surface area contributed by atoms with Gasteiger partial charge in [0.15, 0.2) is 0 Å². The maximum absolute atomic E-state index is 2.32. The Morgan fingerprint density at radius 3 is 2.07 bits per heavy atom. The number of hydrogen-bond acceptors (Lipinski definition) is 0. The lowest BCUT2D eigenvalue weighted by molar-refractivity contribution is 0.886. The molecule has 15 heavy (non-hydrogen) atoms. The molecule has 0 bridgehead atoms. The third-order valence-corrected chi connectivity index (χ3v) is 5.12. The van der Waals surface area contributed by atoms with Crippen LogP contribution in [0.25, 0.3) is 0 Å². The molecule has 1 aromatic rings. The van der Waals surface area contributed by atoms with Gasteiger partial charge in [-0.15, -0.1) is 0 Å². The van der Waals surface area contributed by atoms with Crippen LogP contribution < -0.4 is 5.30 Å². The third kappa shape index (κ3) is 2.61. The van der Waals surface area contributed by atoms with Gasteiger partial charge in [-0.2, -0.15) is 0 Å². The Balaban J connectivity index is 2.19. The molecule has 0 unspecified atom stereocenters. The van der Waals surface area contributed by atoms with E-state index in [1.54, 1.807) is 13.9 Å². The summed E-state index contributed by atoms with van der Waals surface area (Å²) in [6, 6.07) is 4.65. The van der Waals surface area contributed by atoms with E-state index in [0.717, 1.165) is 5.66 Å². The van der Waals surface area contributed by atoms with Crippen molar-refractivity contribution in [1.82, 2.24) is 0 Å². The summed E-state index contributed by atoms with van der Waals surface area (Å²) in [5.41, 5.74) is 5.31. The molecule has 1 fully saturated rings. The molecule has 0 aromatic heterocycles. The molecule has 1 aliphatic rings. The molecule has 0 heterocycles. The number of benzene rings is 1. The first kappa shape index (κ1) is 11.1. The number of aryl methyl sites for hydroxylation is 3. The summed E-state index contributed by atoms with van der Waals surface area (Å²) in [5.74, 6) is 0. The Hall–Kier alpha value is -0.350. The lowest BCUT2D eigenvalue weighted by atomic mass is 10.1. The molecule has 0 N–H and O–H groups in total. The SMILES string of the molecule is Cc1cc(C)c([P]C2CCCC2)c(C)c1. The summed E-state index contributed by atoms with van der Waals surface area (Å²) < 4.78 is 0. The zero-order chi connectivity index (χ0) is 10.8. The van der Waals surface area contributed by atoms with Crippen LogP contribution in [0.4, 0.5) is 0 Å². The van der Waals surface area contributed by atoms with Gasteiger partial charge in [0.25, 0.3) is 0 Å². The molecular weight excluding hydrogens is 199 g/mol. The largest absolute Gasteiger partial charge is 0.0557 e. The molecule has 1 saturated carbocycles. The molecule has 0 aliphatic heterocycles. The summed E-state index contributed by atoms with van der Waals surface area (Å²) >= 11 is 0. The average molecular weight is 219 g/mol. The van der Waals surface area contributed by atoms with Crippen LogP contribution in [0.3, 0.4) is 0 Å². The lowest BCUT2D eigenvalue weighted by Crippen LogP contribution is -2.10. The Bertz CT molecular complexity index is 325. The topological polar surface area (TPSA) is 0 Å². The van der Waals surface area contributed by atoms with Gasteiger partial charge >= 0.3 is 0 Å². The van der Waals surface area contributed by atoms with Crippen LogP contribution in [0.15, 0.2) is 12.1 Å². The molecular formula is C14H20P. The summed E-state index contributed by atoms with van der Waals surface area (Å²) in [6.07, 6.45) is 5.77. The molecule has 1 heteroatoms. The molecule has 0 saturated heterocycles. The van der Waals surface area contributed by atoms with Gasteiger partial charge in [-0.25, -0.2) is 0 Å². The van der Waals surface area contributed by atoms with E-state index in [0.29, 0.717) is 0 Å². The van der Waals surface area contributed by atoms with Gasteiger partial charge < -0.3 is 0 Å². The molecule has 1 aromatic carbocycles. The Morgan fingerprint density at radius 1 is 1.00 bits per heavy atom. The van der Waals surface area contributed by atoms with E-state index < -0.39 is 0 Å². The van der Waals surface area contributed by atoms with Gasteiger partial charge in [0.1, 0.15) is 0 Å². The number of hydrogen-bond donors (Lipinski definition) is 0. The summed E-state index contributed by atoms with van der Waals surface area (Å²) in [6.45, 7) is 6.71. The van der Waals surface area contributed by atoms with E-state index >= 15 is 0 Å². The third-order valence-electron chi connectivity index (χ3n) is 3.27. The predicted octanol–water partition coefficient (Wildman–Crippen LogP) is 4.13.